The highest BCUT2D eigenvalue weighted by Gasteiger charge is 2.13. The molecule has 1 aromatic rings. The maximum Gasteiger partial charge on any atom is 0.229 e. The number of nitrogens with one attached hydrogen (secondary N) is 3. The first-order chi connectivity index (χ1) is 16.1. The minimum Gasteiger partial charge on any atom is -0.354 e. The molecule has 0 aromatic carbocycles. The van der Waals surface area contributed by atoms with Gasteiger partial charge in [-0.2, -0.15) is 15.0 Å². The fourth-order valence-electron chi connectivity index (χ4n) is 4.15. The Bertz CT molecular complexity index is 501. The number of unbranched alkanes of at least 4 members (excludes halogenated alkanes) is 3. The largest absolute Gasteiger partial charge is 0.354 e. The van der Waals surface area contributed by atoms with Crippen molar-refractivity contribution in [1.82, 2.24) is 15.0 Å². The molecule has 0 radical (unpaired) electrons. The molecule has 0 aliphatic carbocycles. The van der Waals surface area contributed by atoms with Crippen molar-refractivity contribution >= 4 is 17.8 Å². The van der Waals surface area contributed by atoms with Crippen LogP contribution in [0.15, 0.2) is 0 Å². The van der Waals surface area contributed by atoms with Crippen molar-refractivity contribution in [2.24, 2.45) is 17.8 Å². The zero-order chi connectivity index (χ0) is 24.3. The predicted octanol–water partition coefficient (Wildman–Crippen LogP) is 7.76. The maximum absolute atomic E-state index is 4.72. The first kappa shape index (κ1) is 29.4. The second-order valence-corrected chi connectivity index (χ2v) is 9.70. The van der Waals surface area contributed by atoms with Crippen molar-refractivity contribution in [2.75, 3.05) is 35.6 Å². The Morgan fingerprint density at radius 1 is 0.485 bits per heavy atom. The van der Waals surface area contributed by atoms with E-state index in [4.69, 9.17) is 15.0 Å². The summed E-state index contributed by atoms with van der Waals surface area (Å²) in [7, 11) is 0. The van der Waals surface area contributed by atoms with Crippen molar-refractivity contribution in [2.45, 2.75) is 119 Å². The normalized spacial score (nSPS) is 14.0. The van der Waals surface area contributed by atoms with Crippen molar-refractivity contribution in [3.63, 3.8) is 0 Å². The molecule has 3 atom stereocenters. The Kier molecular flexibility index (Phi) is 16.8. The standard InChI is InChI=1S/C27H54N6/c1-7-13-16-22(10-4)19-28-25-31-26(29-20-23(11-5)17-14-8-2)33-27(32-25)30-21-24(12-6)18-15-9-3/h22-24H,7-21H2,1-6H3,(H3,28,29,30,31,32,33). The van der Waals surface area contributed by atoms with Gasteiger partial charge in [-0.25, -0.2) is 0 Å². The predicted molar refractivity (Wildman–Crippen MR) is 145 cm³/mol. The van der Waals surface area contributed by atoms with Crippen molar-refractivity contribution in [1.29, 1.82) is 0 Å². The van der Waals surface area contributed by atoms with E-state index in [0.717, 1.165) is 19.6 Å². The van der Waals surface area contributed by atoms with Gasteiger partial charge in [-0.3, -0.25) is 0 Å². The monoisotopic (exact) mass is 462 g/mol. The Morgan fingerprint density at radius 2 is 0.758 bits per heavy atom. The van der Waals surface area contributed by atoms with E-state index in [1.54, 1.807) is 0 Å². The fraction of sp³-hybridized carbons (Fsp3) is 0.889. The molecule has 1 heterocycles. The molecule has 1 aromatic heterocycles. The number of aromatic nitrogens is 3. The van der Waals surface area contributed by atoms with Gasteiger partial charge in [0.25, 0.3) is 0 Å². The summed E-state index contributed by atoms with van der Waals surface area (Å²) >= 11 is 0. The lowest BCUT2D eigenvalue weighted by Crippen LogP contribution is -2.21. The summed E-state index contributed by atoms with van der Waals surface area (Å²) in [4.78, 5) is 14.2. The second-order valence-electron chi connectivity index (χ2n) is 9.70. The number of anilines is 3. The van der Waals surface area contributed by atoms with Crippen LogP contribution in [0.25, 0.3) is 0 Å². The van der Waals surface area contributed by atoms with Gasteiger partial charge in [0.05, 0.1) is 0 Å². The molecule has 3 unspecified atom stereocenters. The van der Waals surface area contributed by atoms with Gasteiger partial charge in [-0.15, -0.1) is 0 Å². The van der Waals surface area contributed by atoms with Crippen LogP contribution in [0.4, 0.5) is 17.8 Å². The number of hydrogen-bond acceptors (Lipinski definition) is 6. The SMILES string of the molecule is CCCCC(CC)CNc1nc(NCC(CC)CCCC)nc(NCC(CC)CCCC)n1. The van der Waals surface area contributed by atoms with Gasteiger partial charge in [0.2, 0.25) is 17.8 Å². The van der Waals surface area contributed by atoms with Crippen LogP contribution in [-0.2, 0) is 0 Å². The van der Waals surface area contributed by atoms with Gasteiger partial charge in [0, 0.05) is 19.6 Å². The van der Waals surface area contributed by atoms with Crippen molar-refractivity contribution < 1.29 is 0 Å². The molecule has 33 heavy (non-hydrogen) atoms. The average Bonchev–Trinajstić information content (AvgIpc) is 2.84. The minimum absolute atomic E-state index is 0.659. The molecular formula is C27H54N6. The van der Waals surface area contributed by atoms with E-state index in [1.807, 2.05) is 0 Å². The molecule has 0 fully saturated rings. The molecule has 1 rings (SSSR count). The molecule has 3 N–H and O–H groups in total. The van der Waals surface area contributed by atoms with Crippen molar-refractivity contribution in [3.05, 3.63) is 0 Å². The van der Waals surface area contributed by atoms with E-state index in [9.17, 15) is 0 Å². The molecule has 0 amide bonds. The van der Waals surface area contributed by atoms with E-state index >= 15 is 0 Å². The minimum atomic E-state index is 0.659. The molecule has 6 nitrogen and oxygen atoms in total. The van der Waals surface area contributed by atoms with Crippen LogP contribution in [0.3, 0.4) is 0 Å². The van der Waals surface area contributed by atoms with E-state index in [0.29, 0.717) is 35.6 Å². The quantitative estimate of drug-likeness (QED) is 0.173. The first-order valence-corrected chi connectivity index (χ1v) is 14.1. The fourth-order valence-corrected chi connectivity index (χ4v) is 4.15. The first-order valence-electron chi connectivity index (χ1n) is 14.1. The zero-order valence-corrected chi connectivity index (χ0v) is 22.7. The molecule has 192 valence electrons. The lowest BCUT2D eigenvalue weighted by molar-refractivity contribution is 0.469. The topological polar surface area (TPSA) is 74.8 Å². The third-order valence-electron chi connectivity index (χ3n) is 6.91. The summed E-state index contributed by atoms with van der Waals surface area (Å²) in [5, 5.41) is 10.5. The summed E-state index contributed by atoms with van der Waals surface area (Å²) in [6, 6.07) is 0. The Balaban J connectivity index is 2.87. The molecule has 0 aliphatic heterocycles. The van der Waals surface area contributed by atoms with Gasteiger partial charge >= 0.3 is 0 Å². The van der Waals surface area contributed by atoms with Crippen molar-refractivity contribution in [3.8, 4) is 0 Å². The number of nitrogens with zero attached hydrogens (tertiary/aromatic N) is 3. The highest BCUT2D eigenvalue weighted by Crippen LogP contribution is 2.18. The van der Waals surface area contributed by atoms with E-state index in [-0.39, 0.29) is 0 Å². The van der Waals surface area contributed by atoms with E-state index in [1.165, 1.54) is 77.0 Å². The lowest BCUT2D eigenvalue weighted by atomic mass is 9.99. The van der Waals surface area contributed by atoms with E-state index in [2.05, 4.69) is 57.5 Å². The average molecular weight is 463 g/mol. The van der Waals surface area contributed by atoms with Crippen LogP contribution in [-0.4, -0.2) is 34.6 Å². The second kappa shape index (κ2) is 18.8. The highest BCUT2D eigenvalue weighted by atomic mass is 15.3. The molecule has 0 spiro atoms. The Labute approximate surface area is 204 Å². The zero-order valence-electron chi connectivity index (χ0n) is 22.7. The third kappa shape index (κ3) is 13.0. The molecule has 0 saturated carbocycles. The molecule has 0 aliphatic rings. The molecule has 0 bridgehead atoms. The van der Waals surface area contributed by atoms with Gasteiger partial charge in [0.15, 0.2) is 0 Å². The number of hydrogen-bond donors (Lipinski definition) is 3. The number of rotatable bonds is 21. The third-order valence-corrected chi connectivity index (χ3v) is 6.91. The van der Waals surface area contributed by atoms with Gasteiger partial charge in [-0.1, -0.05) is 99.3 Å². The molecule has 0 saturated heterocycles. The van der Waals surface area contributed by atoms with Crippen LogP contribution < -0.4 is 16.0 Å². The van der Waals surface area contributed by atoms with Gasteiger partial charge in [0.1, 0.15) is 0 Å². The summed E-state index contributed by atoms with van der Waals surface area (Å²) in [5.74, 6) is 4.04. The van der Waals surface area contributed by atoms with Crippen LogP contribution in [0, 0.1) is 17.8 Å². The van der Waals surface area contributed by atoms with Gasteiger partial charge in [-0.05, 0) is 37.0 Å². The molecular weight excluding hydrogens is 408 g/mol. The van der Waals surface area contributed by atoms with Crippen LogP contribution in [0.1, 0.15) is 119 Å². The summed E-state index contributed by atoms with van der Waals surface area (Å²) in [5.41, 5.74) is 0. The van der Waals surface area contributed by atoms with Gasteiger partial charge < -0.3 is 16.0 Å². The van der Waals surface area contributed by atoms with Crippen LogP contribution in [0.5, 0.6) is 0 Å². The summed E-state index contributed by atoms with van der Waals surface area (Å²) < 4.78 is 0. The summed E-state index contributed by atoms with van der Waals surface area (Å²) in [6.45, 7) is 16.4. The smallest absolute Gasteiger partial charge is 0.229 e. The lowest BCUT2D eigenvalue weighted by Gasteiger charge is -2.19. The highest BCUT2D eigenvalue weighted by molar-refractivity contribution is 5.42. The summed E-state index contributed by atoms with van der Waals surface area (Å²) in [6.07, 6.45) is 14.9. The Hall–Kier alpha value is -1.59. The van der Waals surface area contributed by atoms with Crippen LogP contribution in [0.2, 0.25) is 0 Å². The maximum atomic E-state index is 4.72. The van der Waals surface area contributed by atoms with E-state index < -0.39 is 0 Å². The molecule has 6 heteroatoms. The van der Waals surface area contributed by atoms with Crippen LogP contribution >= 0.6 is 0 Å². The Morgan fingerprint density at radius 3 is 0.970 bits per heavy atom.